The van der Waals surface area contributed by atoms with Crippen LogP contribution in [-0.2, 0) is 20.9 Å². The minimum absolute atomic E-state index is 0.0202. The van der Waals surface area contributed by atoms with Crippen molar-refractivity contribution in [2.75, 3.05) is 32.8 Å². The van der Waals surface area contributed by atoms with Crippen LogP contribution in [0.1, 0.15) is 29.7 Å². The quantitative estimate of drug-likeness (QED) is 0.230. The second-order valence-electron chi connectivity index (χ2n) is 8.16. The van der Waals surface area contributed by atoms with Crippen LogP contribution in [0.4, 0.5) is 5.69 Å². The van der Waals surface area contributed by atoms with Gasteiger partial charge < -0.3 is 29.0 Å². The number of amides is 1. The Bertz CT molecular complexity index is 1360. The second kappa shape index (κ2) is 13.9. The molecular weight excluding hydrogens is 545 g/mol. The van der Waals surface area contributed by atoms with Gasteiger partial charge in [-0.3, -0.25) is 4.79 Å². The molecule has 3 aromatic carbocycles. The Labute approximate surface area is 237 Å². The minimum atomic E-state index is -1.27. The van der Waals surface area contributed by atoms with Gasteiger partial charge in [-0.2, -0.15) is 0 Å². The van der Waals surface area contributed by atoms with Crippen LogP contribution in [0.25, 0.3) is 0 Å². The number of rotatable bonds is 11. The topological polar surface area (TPSA) is 94.5 Å². The molecule has 0 aliphatic rings. The summed E-state index contributed by atoms with van der Waals surface area (Å²) in [5.41, 5.74) is 1.65. The number of aliphatic hydroxyl groups is 1. The van der Waals surface area contributed by atoms with Crippen molar-refractivity contribution >= 4 is 40.8 Å². The average Bonchev–Trinajstić information content (AvgIpc) is 2.94. The molecule has 0 heterocycles. The number of ether oxygens (including phenoxy) is 4. The van der Waals surface area contributed by atoms with Crippen LogP contribution in [0.15, 0.2) is 66.7 Å². The van der Waals surface area contributed by atoms with E-state index in [0.717, 1.165) is 12.2 Å². The average molecular weight is 574 g/mol. The zero-order chi connectivity index (χ0) is 28.5. The molecule has 0 aromatic heterocycles. The third-order valence-electron chi connectivity index (χ3n) is 5.82. The van der Waals surface area contributed by atoms with E-state index in [1.165, 1.54) is 26.2 Å². The van der Waals surface area contributed by atoms with E-state index < -0.39 is 18.0 Å². The van der Waals surface area contributed by atoms with Crippen molar-refractivity contribution in [1.82, 2.24) is 0 Å². The van der Waals surface area contributed by atoms with E-state index in [1.54, 1.807) is 61.5 Å². The van der Waals surface area contributed by atoms with Gasteiger partial charge in [0.05, 0.1) is 45.2 Å². The maximum absolute atomic E-state index is 13.5. The van der Waals surface area contributed by atoms with E-state index in [1.807, 2.05) is 0 Å². The van der Waals surface area contributed by atoms with Crippen LogP contribution in [-0.4, -0.2) is 44.9 Å². The molecule has 0 radical (unpaired) electrons. The van der Waals surface area contributed by atoms with Gasteiger partial charge in [-0.15, -0.1) is 0 Å². The Balaban J connectivity index is 2.15. The number of carbonyl (C=O) groups is 2. The van der Waals surface area contributed by atoms with Gasteiger partial charge in [-0.1, -0.05) is 35.3 Å². The monoisotopic (exact) mass is 573 g/mol. The van der Waals surface area contributed by atoms with Gasteiger partial charge in [0.25, 0.3) is 5.91 Å². The standard InChI is InChI=1S/C29H29Cl2NO7/c1-5-39-27(34)14-13-26(33)32(17-18-9-11-20(36-2)16-25(18)38-4)23-12-10-19(30)15-22(23)29(35)21-7-6-8-24(37-3)28(21)31/h6-16,29,35H,5,17H2,1-4H3/b14-13+. The lowest BCUT2D eigenvalue weighted by Gasteiger charge is -2.27. The molecule has 1 unspecified atom stereocenters. The van der Waals surface area contributed by atoms with Crippen molar-refractivity contribution in [3.8, 4) is 17.2 Å². The van der Waals surface area contributed by atoms with Gasteiger partial charge >= 0.3 is 5.97 Å². The molecule has 1 amide bonds. The number of methoxy groups -OCH3 is 3. The molecular formula is C29H29Cl2NO7. The Kier molecular flexibility index (Phi) is 10.6. The molecule has 0 saturated carbocycles. The van der Waals surface area contributed by atoms with Crippen molar-refractivity contribution in [3.05, 3.63) is 93.5 Å². The van der Waals surface area contributed by atoms with Gasteiger partial charge in [-0.25, -0.2) is 4.79 Å². The fraction of sp³-hybridized carbons (Fsp3) is 0.241. The van der Waals surface area contributed by atoms with Crippen LogP contribution in [0, 0.1) is 0 Å². The number of hydrogen-bond donors (Lipinski definition) is 1. The molecule has 3 aromatic rings. The Morgan fingerprint density at radius 2 is 1.67 bits per heavy atom. The highest BCUT2D eigenvalue weighted by Crippen LogP contribution is 2.40. The molecule has 0 aliphatic heterocycles. The summed E-state index contributed by atoms with van der Waals surface area (Å²) in [5.74, 6) is 0.227. The van der Waals surface area contributed by atoms with Gasteiger partial charge in [-0.05, 0) is 43.3 Å². The summed E-state index contributed by atoms with van der Waals surface area (Å²) < 4.78 is 21.0. The maximum Gasteiger partial charge on any atom is 0.330 e. The largest absolute Gasteiger partial charge is 0.497 e. The van der Waals surface area contributed by atoms with E-state index in [0.29, 0.717) is 44.6 Å². The summed E-state index contributed by atoms with van der Waals surface area (Å²) in [4.78, 5) is 26.9. The van der Waals surface area contributed by atoms with Crippen LogP contribution < -0.4 is 19.1 Å². The summed E-state index contributed by atoms with van der Waals surface area (Å²) in [6.45, 7) is 1.85. The molecule has 0 aliphatic carbocycles. The third kappa shape index (κ3) is 7.23. The molecule has 1 atom stereocenters. The number of esters is 1. The maximum atomic E-state index is 13.5. The first-order valence-corrected chi connectivity index (χ1v) is 12.7. The molecule has 0 saturated heterocycles. The van der Waals surface area contributed by atoms with Crippen molar-refractivity contribution in [2.24, 2.45) is 0 Å². The summed E-state index contributed by atoms with van der Waals surface area (Å²) in [6, 6.07) is 15.0. The van der Waals surface area contributed by atoms with Crippen molar-refractivity contribution < 1.29 is 33.6 Å². The molecule has 8 nitrogen and oxygen atoms in total. The van der Waals surface area contributed by atoms with Crippen LogP contribution >= 0.6 is 23.2 Å². The van der Waals surface area contributed by atoms with Crippen LogP contribution in [0.5, 0.6) is 17.2 Å². The Morgan fingerprint density at radius 1 is 0.923 bits per heavy atom. The lowest BCUT2D eigenvalue weighted by molar-refractivity contribution is -0.137. The van der Waals surface area contributed by atoms with E-state index >= 15 is 0 Å². The molecule has 0 fully saturated rings. The van der Waals surface area contributed by atoms with E-state index in [4.69, 9.17) is 42.1 Å². The van der Waals surface area contributed by atoms with Crippen LogP contribution in [0.2, 0.25) is 10.0 Å². The number of carbonyl (C=O) groups excluding carboxylic acids is 2. The SMILES string of the molecule is CCOC(=O)/C=C/C(=O)N(Cc1ccc(OC)cc1OC)c1ccc(Cl)cc1C(O)c1cccc(OC)c1Cl. The van der Waals surface area contributed by atoms with Gasteiger partial charge in [0.15, 0.2) is 0 Å². The third-order valence-corrected chi connectivity index (χ3v) is 6.46. The number of nitrogens with zero attached hydrogens (tertiary/aromatic N) is 1. The first-order chi connectivity index (χ1) is 18.7. The fourth-order valence-electron chi connectivity index (χ4n) is 3.91. The Morgan fingerprint density at radius 3 is 2.33 bits per heavy atom. The number of anilines is 1. The Hall–Kier alpha value is -3.72. The predicted octanol–water partition coefficient (Wildman–Crippen LogP) is 5.75. The van der Waals surface area contributed by atoms with E-state index in [9.17, 15) is 14.7 Å². The summed E-state index contributed by atoms with van der Waals surface area (Å²) in [6.07, 6.45) is 0.884. The minimum Gasteiger partial charge on any atom is -0.497 e. The van der Waals surface area contributed by atoms with Gasteiger partial charge in [0, 0.05) is 39.9 Å². The first kappa shape index (κ1) is 29.8. The molecule has 206 valence electrons. The second-order valence-corrected chi connectivity index (χ2v) is 8.97. The lowest BCUT2D eigenvalue weighted by Crippen LogP contribution is -2.30. The summed E-state index contributed by atoms with van der Waals surface area (Å²) >= 11 is 12.8. The molecule has 10 heteroatoms. The van der Waals surface area contributed by atoms with Crippen molar-refractivity contribution in [2.45, 2.75) is 19.6 Å². The normalized spacial score (nSPS) is 11.7. The summed E-state index contributed by atoms with van der Waals surface area (Å²) in [7, 11) is 4.52. The molecule has 0 spiro atoms. The highest BCUT2D eigenvalue weighted by Gasteiger charge is 2.26. The van der Waals surface area contributed by atoms with E-state index in [2.05, 4.69) is 0 Å². The summed E-state index contributed by atoms with van der Waals surface area (Å²) in [5, 5.41) is 12.0. The van der Waals surface area contributed by atoms with Crippen LogP contribution in [0.3, 0.4) is 0 Å². The number of benzene rings is 3. The van der Waals surface area contributed by atoms with Gasteiger partial charge in [0.2, 0.25) is 0 Å². The fourth-order valence-corrected chi connectivity index (χ4v) is 4.40. The lowest BCUT2D eigenvalue weighted by atomic mass is 9.98. The van der Waals surface area contributed by atoms with E-state index in [-0.39, 0.29) is 18.2 Å². The highest BCUT2D eigenvalue weighted by molar-refractivity contribution is 6.33. The zero-order valence-electron chi connectivity index (χ0n) is 21.9. The zero-order valence-corrected chi connectivity index (χ0v) is 23.5. The number of aliphatic hydroxyl groups excluding tert-OH is 1. The molecule has 3 rings (SSSR count). The molecule has 0 bridgehead atoms. The first-order valence-electron chi connectivity index (χ1n) is 11.9. The van der Waals surface area contributed by atoms with Crippen molar-refractivity contribution in [1.29, 1.82) is 0 Å². The molecule has 1 N–H and O–H groups in total. The smallest absolute Gasteiger partial charge is 0.330 e. The van der Waals surface area contributed by atoms with Gasteiger partial charge in [0.1, 0.15) is 23.4 Å². The highest BCUT2D eigenvalue weighted by atomic mass is 35.5. The predicted molar refractivity (Wildman–Crippen MR) is 150 cm³/mol. The molecule has 39 heavy (non-hydrogen) atoms. The number of halogens is 2. The number of hydrogen-bond acceptors (Lipinski definition) is 7. The van der Waals surface area contributed by atoms with Crippen molar-refractivity contribution in [3.63, 3.8) is 0 Å².